The second kappa shape index (κ2) is 5.60. The lowest BCUT2D eigenvalue weighted by molar-refractivity contribution is -0.155. The molecule has 0 radical (unpaired) electrons. The zero-order valence-corrected chi connectivity index (χ0v) is 12.9. The molecule has 0 spiro atoms. The number of piperidine rings is 1. The Morgan fingerprint density at radius 1 is 1.22 bits per heavy atom. The van der Waals surface area contributed by atoms with Gasteiger partial charge in [-0.05, 0) is 60.9 Å². The summed E-state index contributed by atoms with van der Waals surface area (Å²) in [5, 5.41) is 0. The lowest BCUT2D eigenvalue weighted by atomic mass is 9.93. The van der Waals surface area contributed by atoms with E-state index in [2.05, 4.69) is 25.7 Å². The fourth-order valence-corrected chi connectivity index (χ4v) is 2.22. The summed E-state index contributed by atoms with van der Waals surface area (Å²) in [6.07, 6.45) is 2.37. The molecule has 0 amide bonds. The smallest absolute Gasteiger partial charge is 0.311 e. The first-order chi connectivity index (χ1) is 8.10. The van der Waals surface area contributed by atoms with E-state index in [1.165, 1.54) is 12.8 Å². The summed E-state index contributed by atoms with van der Waals surface area (Å²) in [7, 11) is 0. The van der Waals surface area contributed by atoms with Crippen molar-refractivity contribution in [2.24, 2.45) is 11.3 Å². The monoisotopic (exact) mass is 255 g/mol. The summed E-state index contributed by atoms with van der Waals surface area (Å²) in [6, 6.07) is 0. The molecule has 0 aliphatic carbocycles. The Kier molecular flexibility index (Phi) is 4.82. The Morgan fingerprint density at radius 2 is 1.83 bits per heavy atom. The minimum atomic E-state index is -0.390. The number of esters is 1. The summed E-state index contributed by atoms with van der Waals surface area (Å²) < 4.78 is 5.44. The number of hydrogen-bond acceptors (Lipinski definition) is 3. The summed E-state index contributed by atoms with van der Waals surface area (Å²) in [4.78, 5) is 14.2. The molecule has 1 aliphatic heterocycles. The van der Waals surface area contributed by atoms with Crippen LogP contribution in [0.2, 0.25) is 0 Å². The Balaban J connectivity index is 2.42. The van der Waals surface area contributed by atoms with Gasteiger partial charge in [-0.1, -0.05) is 0 Å². The number of likely N-dealkylation sites (tertiary alicyclic amines) is 1. The van der Waals surface area contributed by atoms with Gasteiger partial charge in [-0.3, -0.25) is 9.69 Å². The molecule has 106 valence electrons. The second-order valence-corrected chi connectivity index (χ2v) is 7.47. The molecule has 1 rings (SSSR count). The van der Waals surface area contributed by atoms with E-state index in [4.69, 9.17) is 4.74 Å². The van der Waals surface area contributed by atoms with Crippen LogP contribution in [0.5, 0.6) is 0 Å². The summed E-state index contributed by atoms with van der Waals surface area (Å²) in [6.45, 7) is 15.2. The minimum absolute atomic E-state index is 0.0876. The SMILES string of the molecule is CC(C)(C)C(=O)OCC1CCCN(C(C)(C)C)C1. The van der Waals surface area contributed by atoms with Gasteiger partial charge in [0, 0.05) is 18.0 Å². The third kappa shape index (κ3) is 4.60. The minimum Gasteiger partial charge on any atom is -0.465 e. The van der Waals surface area contributed by atoms with Crippen LogP contribution in [0.3, 0.4) is 0 Å². The maximum absolute atomic E-state index is 11.7. The van der Waals surface area contributed by atoms with Gasteiger partial charge in [0.05, 0.1) is 12.0 Å². The van der Waals surface area contributed by atoms with Crippen molar-refractivity contribution in [1.29, 1.82) is 0 Å². The highest BCUT2D eigenvalue weighted by molar-refractivity contribution is 5.75. The van der Waals surface area contributed by atoms with Crippen molar-refractivity contribution in [2.75, 3.05) is 19.7 Å². The van der Waals surface area contributed by atoms with Crippen molar-refractivity contribution in [2.45, 2.75) is 59.9 Å². The Hall–Kier alpha value is -0.570. The molecule has 0 saturated carbocycles. The van der Waals surface area contributed by atoms with Crippen LogP contribution in [0.4, 0.5) is 0 Å². The lowest BCUT2D eigenvalue weighted by Gasteiger charge is -2.41. The third-order valence-electron chi connectivity index (χ3n) is 3.53. The Labute approximate surface area is 112 Å². The molecule has 1 heterocycles. The van der Waals surface area contributed by atoms with Gasteiger partial charge in [-0.15, -0.1) is 0 Å². The van der Waals surface area contributed by atoms with Gasteiger partial charge >= 0.3 is 5.97 Å². The molecule has 1 unspecified atom stereocenters. The molecule has 0 aromatic rings. The highest BCUT2D eigenvalue weighted by Crippen LogP contribution is 2.24. The van der Waals surface area contributed by atoms with Crippen LogP contribution in [0, 0.1) is 11.3 Å². The van der Waals surface area contributed by atoms with E-state index in [1.807, 2.05) is 20.8 Å². The first-order valence-electron chi connectivity index (χ1n) is 7.03. The van der Waals surface area contributed by atoms with Gasteiger partial charge in [0.1, 0.15) is 0 Å². The fourth-order valence-electron chi connectivity index (χ4n) is 2.22. The molecule has 1 atom stereocenters. The van der Waals surface area contributed by atoms with Crippen LogP contribution >= 0.6 is 0 Å². The first-order valence-corrected chi connectivity index (χ1v) is 7.03. The van der Waals surface area contributed by atoms with Gasteiger partial charge in [0.2, 0.25) is 0 Å². The Bertz CT molecular complexity index is 286. The predicted molar refractivity (Wildman–Crippen MR) is 74.5 cm³/mol. The van der Waals surface area contributed by atoms with Crippen LogP contribution in [0.15, 0.2) is 0 Å². The molecular weight excluding hydrogens is 226 g/mol. The van der Waals surface area contributed by atoms with Crippen LogP contribution in [-0.2, 0) is 9.53 Å². The molecule has 1 aliphatic rings. The van der Waals surface area contributed by atoms with Gasteiger partial charge in [-0.2, -0.15) is 0 Å². The van der Waals surface area contributed by atoms with Gasteiger partial charge in [0.25, 0.3) is 0 Å². The molecular formula is C15H29NO2. The quantitative estimate of drug-likeness (QED) is 0.710. The first kappa shape index (κ1) is 15.5. The van der Waals surface area contributed by atoms with E-state index in [1.54, 1.807) is 0 Å². The average molecular weight is 255 g/mol. The average Bonchev–Trinajstić information content (AvgIpc) is 2.23. The van der Waals surface area contributed by atoms with E-state index < -0.39 is 5.41 Å². The van der Waals surface area contributed by atoms with Crippen molar-refractivity contribution in [1.82, 2.24) is 4.90 Å². The van der Waals surface area contributed by atoms with E-state index in [-0.39, 0.29) is 11.5 Å². The predicted octanol–water partition coefficient (Wildman–Crippen LogP) is 3.09. The normalized spacial score (nSPS) is 22.9. The highest BCUT2D eigenvalue weighted by atomic mass is 16.5. The molecule has 3 heteroatoms. The Morgan fingerprint density at radius 3 is 2.33 bits per heavy atom. The standard InChI is InChI=1S/C15H29NO2/c1-14(2,3)13(17)18-11-12-8-7-9-16(10-12)15(4,5)6/h12H,7-11H2,1-6H3. The molecule has 0 aromatic carbocycles. The summed E-state index contributed by atoms with van der Waals surface area (Å²) >= 11 is 0. The molecule has 1 fully saturated rings. The van der Waals surface area contributed by atoms with Crippen molar-refractivity contribution in [3.63, 3.8) is 0 Å². The number of carbonyl (C=O) groups excluding carboxylic acids is 1. The van der Waals surface area contributed by atoms with E-state index in [0.29, 0.717) is 12.5 Å². The number of carbonyl (C=O) groups is 1. The maximum Gasteiger partial charge on any atom is 0.311 e. The summed E-state index contributed by atoms with van der Waals surface area (Å²) in [5.41, 5.74) is -0.176. The van der Waals surface area contributed by atoms with Crippen LogP contribution in [0.25, 0.3) is 0 Å². The molecule has 3 nitrogen and oxygen atoms in total. The van der Waals surface area contributed by atoms with Crippen molar-refractivity contribution < 1.29 is 9.53 Å². The molecule has 0 bridgehead atoms. The third-order valence-corrected chi connectivity index (χ3v) is 3.53. The highest BCUT2D eigenvalue weighted by Gasteiger charge is 2.29. The fraction of sp³-hybridized carbons (Fsp3) is 0.933. The number of hydrogen-bond donors (Lipinski definition) is 0. The number of ether oxygens (including phenoxy) is 1. The lowest BCUT2D eigenvalue weighted by Crippen LogP contribution is -2.48. The molecule has 0 aromatic heterocycles. The van der Waals surface area contributed by atoms with Crippen molar-refractivity contribution in [3.05, 3.63) is 0 Å². The zero-order valence-electron chi connectivity index (χ0n) is 12.9. The van der Waals surface area contributed by atoms with E-state index in [0.717, 1.165) is 13.1 Å². The topological polar surface area (TPSA) is 29.5 Å². The van der Waals surface area contributed by atoms with Crippen molar-refractivity contribution >= 4 is 5.97 Å². The number of nitrogens with zero attached hydrogens (tertiary/aromatic N) is 1. The van der Waals surface area contributed by atoms with Crippen LogP contribution < -0.4 is 0 Å². The molecule has 18 heavy (non-hydrogen) atoms. The van der Waals surface area contributed by atoms with E-state index in [9.17, 15) is 4.79 Å². The molecule has 1 saturated heterocycles. The van der Waals surface area contributed by atoms with Gasteiger partial charge in [0.15, 0.2) is 0 Å². The summed E-state index contributed by atoms with van der Waals surface area (Å²) in [5.74, 6) is 0.402. The van der Waals surface area contributed by atoms with Crippen LogP contribution in [0.1, 0.15) is 54.4 Å². The molecule has 0 N–H and O–H groups in total. The second-order valence-electron chi connectivity index (χ2n) is 7.47. The number of rotatable bonds is 2. The van der Waals surface area contributed by atoms with E-state index >= 15 is 0 Å². The van der Waals surface area contributed by atoms with Gasteiger partial charge < -0.3 is 4.74 Å². The van der Waals surface area contributed by atoms with Gasteiger partial charge in [-0.25, -0.2) is 0 Å². The zero-order chi connectivity index (χ0) is 14.0. The maximum atomic E-state index is 11.7. The van der Waals surface area contributed by atoms with Crippen molar-refractivity contribution in [3.8, 4) is 0 Å². The van der Waals surface area contributed by atoms with Crippen LogP contribution in [-0.4, -0.2) is 36.1 Å². The largest absolute Gasteiger partial charge is 0.465 e.